The maximum atomic E-state index is 13.1. The molecule has 11 rings (SSSR count). The second kappa shape index (κ2) is 62.9. The molecule has 9 aromatic rings. The van der Waals surface area contributed by atoms with Gasteiger partial charge < -0.3 is 85.6 Å². The van der Waals surface area contributed by atoms with Crippen molar-refractivity contribution in [3.8, 4) is 11.5 Å². The fourth-order valence-corrected chi connectivity index (χ4v) is 10.0. The maximum absolute atomic E-state index is 13.1. The van der Waals surface area contributed by atoms with E-state index in [4.69, 9.17) is 145 Å². The number of nitrogens with two attached hydrogens (primary N) is 4. The normalized spacial score (nSPS) is 12.3. The Morgan fingerprint density at radius 3 is 1.06 bits per heavy atom. The van der Waals surface area contributed by atoms with Crippen molar-refractivity contribution >= 4 is 201 Å². The number of carbonyl (C=O) groups is 2. The Morgan fingerprint density at radius 1 is 0.427 bits per heavy atom. The summed E-state index contributed by atoms with van der Waals surface area (Å²) in [4.78, 5) is 64.0. The van der Waals surface area contributed by atoms with Crippen LogP contribution in [-0.4, -0.2) is 153 Å². The number of hydrogen-bond donors (Lipinski definition) is 10. The van der Waals surface area contributed by atoms with E-state index in [-0.39, 0.29) is 114 Å². The first-order valence-corrected chi connectivity index (χ1v) is 40.8. The molecule has 0 bridgehead atoms. The molecule has 14 N–H and O–H groups in total. The molecule has 2 aliphatic rings. The van der Waals surface area contributed by atoms with Crippen molar-refractivity contribution in [1.82, 2.24) is 44.7 Å². The van der Waals surface area contributed by atoms with Crippen LogP contribution in [0.5, 0.6) is 11.5 Å². The van der Waals surface area contributed by atoms with E-state index in [1.807, 2.05) is 6.07 Å². The van der Waals surface area contributed by atoms with Gasteiger partial charge in [0.2, 0.25) is 67.0 Å². The number of amides is 2. The van der Waals surface area contributed by atoms with Crippen LogP contribution in [-0.2, 0) is 118 Å². The second-order valence-corrected chi connectivity index (χ2v) is 29.4. The molecular weight excluding hydrogens is 2140 g/mol. The molecule has 32 nitrogen and oxygen atoms in total. The molecule has 0 saturated carbocycles. The molecule has 0 spiro atoms. The fourth-order valence-electron chi connectivity index (χ4n) is 8.69. The summed E-state index contributed by atoms with van der Waals surface area (Å²) >= 11 is 19.0. The molecule has 0 radical (unpaired) electrons. The molecule has 63 heteroatoms. The van der Waals surface area contributed by atoms with Crippen LogP contribution < -0.4 is 43.0 Å². The Morgan fingerprint density at radius 2 is 0.756 bits per heavy atom. The summed E-state index contributed by atoms with van der Waals surface area (Å²) < 4.78 is 294. The number of anilines is 8. The number of rotatable bonds is 18. The van der Waals surface area contributed by atoms with Crippen LogP contribution in [0.2, 0.25) is 25.5 Å². The van der Waals surface area contributed by atoms with Gasteiger partial charge in [-0.2, -0.15) is 47.6 Å². The van der Waals surface area contributed by atoms with Gasteiger partial charge in [-0.3, -0.25) is 14.6 Å². The van der Waals surface area contributed by atoms with Gasteiger partial charge in [-0.25, -0.2) is 71.1 Å². The van der Waals surface area contributed by atoms with Gasteiger partial charge in [0, 0.05) is 81.9 Å². The first-order valence-electron chi connectivity index (χ1n) is 32.8. The van der Waals surface area contributed by atoms with E-state index in [1.165, 1.54) is 44.6 Å². The number of hydrogen-bond acceptors (Lipinski definition) is 23. The average Bonchev–Trinajstić information content (AvgIpc) is 1.65. The number of methoxy groups -OCH3 is 2. The zero-order chi connectivity index (χ0) is 98.7. The van der Waals surface area contributed by atoms with Crippen LogP contribution in [0.1, 0.15) is 91.4 Å². The first kappa shape index (κ1) is 124. The summed E-state index contributed by atoms with van der Waals surface area (Å²) in [5.41, 5.74) is 24.9. The van der Waals surface area contributed by atoms with E-state index in [9.17, 15) is 92.8 Å². The summed E-state index contributed by atoms with van der Waals surface area (Å²) in [6, 6.07) is 28.8. The summed E-state index contributed by atoms with van der Waals surface area (Å²) in [6.07, 6.45) is -10.5. The van der Waals surface area contributed by atoms with Crippen molar-refractivity contribution in [2.24, 2.45) is 0 Å². The van der Waals surface area contributed by atoms with Crippen molar-refractivity contribution < 1.29 is 180 Å². The van der Waals surface area contributed by atoms with Gasteiger partial charge in [0.15, 0.2) is 11.5 Å². The molecule has 5 unspecified atom stereocenters. The van der Waals surface area contributed by atoms with E-state index < -0.39 is 115 Å². The van der Waals surface area contributed by atoms with Crippen molar-refractivity contribution in [3.63, 3.8) is 0 Å². The number of alkyl halides is 18. The minimum Gasteiger partial charge on any atom is -0.493 e. The average molecular weight is 2200 g/mol. The standard InChI is InChI=1S/C23H18ClF2N5O2.C15H13Cl2N3O2.2C7H5F2N3.C6H5ClF2N2.C5H5ClN2.CHClF2O2S.4CH2F2O2S.2Zn/c1-27-22-14(21(25)26)8-7-12(29-22)9-13-10-17(19-18(28-13)11-31(2)23(19)32)30-16-6-4-5-15(24)20(16)33-3;1-20-7-11-13(15(20)21)10(6-12(17)19-11)18-9-5-3-4-8(16)14(9)22-2;2*1-11-7-4(6(8)9)2-3-5(10)12-7;7-5-3(6(8)9)1-2-4(10)11-5;6-4-2-1-3-5(7)8-4;2-6-7(5)1(3)4;4*2-1(3)6(4)5;;/h4-8,10,21H,9,11H2,2-3H3,(H,28,30);3-6H,7H2,1-2H3,(H,18,19);2*2-3,6H,(H2,10,12);1-2,6H,(H2,10,11);1-3H,(H2,7,8);1H;4*1H,(H,4,5);;. The second-order valence-electron chi connectivity index (χ2n) is 22.5. The van der Waals surface area contributed by atoms with Gasteiger partial charge in [-0.05, 0) is 66.7 Å². The van der Waals surface area contributed by atoms with Gasteiger partial charge in [0.05, 0.1) is 112 Å². The topological polar surface area (TPSA) is 466 Å². The van der Waals surface area contributed by atoms with Crippen molar-refractivity contribution in [1.29, 1.82) is 0 Å². The molecule has 708 valence electrons. The van der Waals surface area contributed by atoms with Crippen molar-refractivity contribution in [2.75, 3.05) is 61.9 Å². The fraction of sp³-hybridized carbons (Fsp3) is 0.235. The molecule has 131 heavy (non-hydrogen) atoms. The van der Waals surface area contributed by atoms with Crippen LogP contribution in [0, 0.1) is 19.7 Å². The Balaban J connectivity index is 0. The Hall–Kier alpha value is -9.42. The van der Waals surface area contributed by atoms with E-state index in [2.05, 4.69) is 75.7 Å². The number of nitrogens with one attached hydrogen (secondary N) is 2. The number of halogens is 24. The molecule has 9 heterocycles. The number of benzene rings is 2. The summed E-state index contributed by atoms with van der Waals surface area (Å²) in [5, 5.41) is 7.81. The maximum Gasteiger partial charge on any atom is 0.337 e. The molecule has 2 aromatic carbocycles. The van der Waals surface area contributed by atoms with E-state index in [0.29, 0.717) is 107 Å². The van der Waals surface area contributed by atoms with E-state index >= 15 is 0 Å². The predicted molar refractivity (Wildman–Crippen MR) is 446 cm³/mol. The molecule has 0 aliphatic carbocycles. The number of aromatic nitrogens is 7. The summed E-state index contributed by atoms with van der Waals surface area (Å²) in [6.45, 7) is 21.0. The quantitative estimate of drug-likeness (QED) is 0.0125. The van der Waals surface area contributed by atoms with Gasteiger partial charge in [-0.15, -0.1) is 15.0 Å². The Bertz CT molecular complexity index is 5340. The van der Waals surface area contributed by atoms with Crippen LogP contribution >= 0.6 is 69.9 Å². The smallest absolute Gasteiger partial charge is 0.337 e. The molecule has 5 atom stereocenters. The Labute approximate surface area is 797 Å². The first-order chi connectivity index (χ1) is 60.3. The molecule has 2 aliphatic heterocycles. The number of para-hydroxylation sites is 2. The van der Waals surface area contributed by atoms with Crippen LogP contribution in [0.15, 0.2) is 115 Å². The monoisotopic (exact) mass is 2190 g/mol. The minimum atomic E-state index is -3.12. The van der Waals surface area contributed by atoms with Crippen LogP contribution in [0.4, 0.5) is 143 Å². The molecule has 7 aromatic heterocycles. The number of carbonyl (C=O) groups excluding carboxylic acids is 2. The molecular formula is C68H60Cl6F18N18O14S5Zn2. The molecule has 0 fully saturated rings. The molecule has 0 saturated heterocycles. The Kier molecular flexibility index (Phi) is 59.3. The zero-order valence-corrected chi connectivity index (χ0v) is 80.4. The summed E-state index contributed by atoms with van der Waals surface area (Å²) in [5.74, 6) is -15.1. The largest absolute Gasteiger partial charge is 0.493 e. The van der Waals surface area contributed by atoms with E-state index in [1.54, 1.807) is 84.6 Å². The third-order valence-corrected chi connectivity index (χ3v) is 17.2. The predicted octanol–water partition coefficient (Wildman–Crippen LogP) is 19.9. The van der Waals surface area contributed by atoms with Crippen LogP contribution in [0.3, 0.4) is 0 Å². The number of nitrogen functional groups attached to an aromatic ring is 4. The van der Waals surface area contributed by atoms with E-state index in [0.717, 1.165) is 18.2 Å². The number of fused-ring (bicyclic) bond motifs is 2. The van der Waals surface area contributed by atoms with Crippen LogP contribution in [0.25, 0.3) is 14.5 Å². The summed E-state index contributed by atoms with van der Waals surface area (Å²) in [7, 11) is 6.44. The van der Waals surface area contributed by atoms with Gasteiger partial charge >= 0.3 is 28.8 Å². The van der Waals surface area contributed by atoms with Crippen molar-refractivity contribution in [3.05, 3.63) is 231 Å². The zero-order valence-electron chi connectivity index (χ0n) is 65.9. The number of nitrogens with zero attached hydrogens (tertiary/aromatic N) is 12. The van der Waals surface area contributed by atoms with Crippen molar-refractivity contribution in [2.45, 2.75) is 74.0 Å². The molecule has 2 amide bonds. The van der Waals surface area contributed by atoms with Gasteiger partial charge in [-0.1, -0.05) is 114 Å². The minimum absolute atomic E-state index is 0. The number of ether oxygens (including phenoxy) is 2. The third-order valence-electron chi connectivity index (χ3n) is 13.9. The third kappa shape index (κ3) is 43.9. The van der Waals surface area contributed by atoms with Gasteiger partial charge in [0.25, 0.3) is 55.0 Å². The SMILES string of the molecule is COc1c(Cl)cccc1Nc1cc(Cl)nc2c1C(=O)N(C)C2.Nc1ccc(C(F)F)c(Cl)n1.Nc1cccc(Cl)n1.O=S(O)C(F)F.O=S(O)C(F)F.O=S(O)C(F)F.O=S(O)C(F)F.O=S(OCl)C(F)F.[C-]#[N+]c1nc(Cc2cc(Nc3cccc(Cl)c3OC)c3c(n2)CN(C)C3=O)ccc1C(F)F.[C-]#[N+]c1nc(N)ccc1C(F)F.[C-]#[N+]c1nc(N)ccc1C(F)F.[Zn].[Zn]. The number of pyridine rings is 7. The van der Waals surface area contributed by atoms with Gasteiger partial charge in [0.1, 0.15) is 32.8 Å².